The summed E-state index contributed by atoms with van der Waals surface area (Å²) in [7, 11) is 1.31. The minimum atomic E-state index is -0.349. The van der Waals surface area contributed by atoms with Crippen LogP contribution < -0.4 is 10.1 Å². The van der Waals surface area contributed by atoms with E-state index in [4.69, 9.17) is 4.74 Å². The normalized spacial score (nSPS) is 9.79. The van der Waals surface area contributed by atoms with Crippen molar-refractivity contribution in [1.82, 2.24) is 5.32 Å². The number of carbonyl (C=O) groups excluding carboxylic acids is 2. The van der Waals surface area contributed by atoms with Crippen LogP contribution in [-0.2, 0) is 20.7 Å². The van der Waals surface area contributed by atoms with E-state index in [1.807, 2.05) is 31.2 Å². The number of para-hydroxylation sites is 1. The number of amides is 1. The topological polar surface area (TPSA) is 64.6 Å². The minimum Gasteiger partial charge on any atom is -0.483 e. The van der Waals surface area contributed by atoms with Crippen LogP contribution >= 0.6 is 0 Å². The van der Waals surface area contributed by atoms with Gasteiger partial charge in [-0.25, -0.2) is 0 Å². The van der Waals surface area contributed by atoms with Gasteiger partial charge in [-0.15, -0.1) is 0 Å². The Labute approximate surface area is 112 Å². The molecule has 0 aliphatic heterocycles. The van der Waals surface area contributed by atoms with Crippen LogP contribution in [0.4, 0.5) is 0 Å². The summed E-state index contributed by atoms with van der Waals surface area (Å²) in [5.41, 5.74) is 1.06. The maximum Gasteiger partial charge on any atom is 0.307 e. The van der Waals surface area contributed by atoms with Crippen LogP contribution in [-0.4, -0.2) is 32.1 Å². The van der Waals surface area contributed by atoms with Gasteiger partial charge in [-0.3, -0.25) is 9.59 Å². The third kappa shape index (κ3) is 5.42. The van der Waals surface area contributed by atoms with E-state index in [1.54, 1.807) is 0 Å². The Morgan fingerprint density at radius 1 is 1.26 bits per heavy atom. The number of esters is 1. The molecule has 0 spiro atoms. The third-order valence-electron chi connectivity index (χ3n) is 2.59. The maximum atomic E-state index is 11.5. The van der Waals surface area contributed by atoms with Gasteiger partial charge in [0.1, 0.15) is 5.75 Å². The number of rotatable bonds is 7. The van der Waals surface area contributed by atoms with Crippen molar-refractivity contribution < 1.29 is 19.1 Å². The lowest BCUT2D eigenvalue weighted by molar-refractivity contribution is -0.140. The molecule has 0 unspecified atom stereocenters. The summed E-state index contributed by atoms with van der Waals surface area (Å²) >= 11 is 0. The molecule has 1 amide bonds. The van der Waals surface area contributed by atoms with E-state index in [0.717, 1.165) is 12.0 Å². The summed E-state index contributed by atoms with van der Waals surface area (Å²) in [6.45, 7) is 2.22. The molecule has 0 aromatic heterocycles. The zero-order valence-electron chi connectivity index (χ0n) is 11.3. The van der Waals surface area contributed by atoms with Crippen molar-refractivity contribution in [2.45, 2.75) is 19.8 Å². The van der Waals surface area contributed by atoms with E-state index >= 15 is 0 Å². The third-order valence-corrected chi connectivity index (χ3v) is 2.59. The molecule has 1 rings (SSSR count). The summed E-state index contributed by atoms with van der Waals surface area (Å²) < 4.78 is 9.92. The lowest BCUT2D eigenvalue weighted by Gasteiger charge is -2.10. The second-order valence-electron chi connectivity index (χ2n) is 3.93. The highest BCUT2D eigenvalue weighted by atomic mass is 16.5. The average molecular weight is 265 g/mol. The zero-order valence-corrected chi connectivity index (χ0v) is 11.3. The quantitative estimate of drug-likeness (QED) is 0.755. The number of methoxy groups -OCH3 is 1. The Balaban J connectivity index is 2.32. The van der Waals surface area contributed by atoms with E-state index in [1.165, 1.54) is 7.11 Å². The van der Waals surface area contributed by atoms with Gasteiger partial charge in [-0.1, -0.05) is 25.1 Å². The van der Waals surface area contributed by atoms with Gasteiger partial charge in [-0.05, 0) is 18.1 Å². The lowest BCUT2D eigenvalue weighted by Crippen LogP contribution is -2.31. The van der Waals surface area contributed by atoms with E-state index in [2.05, 4.69) is 10.1 Å². The predicted molar refractivity (Wildman–Crippen MR) is 71.0 cm³/mol. The Morgan fingerprint density at radius 3 is 2.68 bits per heavy atom. The maximum absolute atomic E-state index is 11.5. The van der Waals surface area contributed by atoms with Crippen LogP contribution in [0.2, 0.25) is 0 Å². The zero-order chi connectivity index (χ0) is 14.1. The van der Waals surface area contributed by atoms with Gasteiger partial charge < -0.3 is 14.8 Å². The van der Waals surface area contributed by atoms with Gasteiger partial charge in [0.05, 0.1) is 13.5 Å². The fourth-order valence-electron chi connectivity index (χ4n) is 1.54. The first-order valence-electron chi connectivity index (χ1n) is 6.21. The fourth-order valence-corrected chi connectivity index (χ4v) is 1.54. The molecule has 0 saturated carbocycles. The number of hydrogen-bond acceptors (Lipinski definition) is 4. The van der Waals surface area contributed by atoms with Crippen LogP contribution in [0.25, 0.3) is 0 Å². The molecule has 1 aromatic carbocycles. The molecule has 1 aromatic rings. The van der Waals surface area contributed by atoms with Gasteiger partial charge in [-0.2, -0.15) is 0 Å². The Kier molecular flexibility index (Phi) is 6.43. The Bertz CT molecular complexity index is 431. The van der Waals surface area contributed by atoms with Crippen molar-refractivity contribution in [3.63, 3.8) is 0 Å². The molecule has 0 atom stereocenters. The Hall–Kier alpha value is -2.04. The molecule has 0 saturated heterocycles. The van der Waals surface area contributed by atoms with Crippen molar-refractivity contribution in [3.8, 4) is 5.75 Å². The van der Waals surface area contributed by atoms with Crippen molar-refractivity contribution in [2.24, 2.45) is 0 Å². The number of hydrogen-bond donors (Lipinski definition) is 1. The first kappa shape index (κ1) is 15.0. The van der Waals surface area contributed by atoms with Crippen molar-refractivity contribution in [3.05, 3.63) is 29.8 Å². The highest BCUT2D eigenvalue weighted by molar-refractivity contribution is 5.78. The van der Waals surface area contributed by atoms with E-state index in [-0.39, 0.29) is 31.4 Å². The van der Waals surface area contributed by atoms with Crippen LogP contribution in [0.5, 0.6) is 5.75 Å². The SMILES string of the molecule is CCc1ccccc1OCC(=O)NCCC(=O)OC. The summed E-state index contributed by atoms with van der Waals surface area (Å²) in [4.78, 5) is 22.3. The Morgan fingerprint density at radius 2 is 2.00 bits per heavy atom. The molecule has 0 bridgehead atoms. The minimum absolute atomic E-state index is 0.0574. The van der Waals surface area contributed by atoms with Crippen molar-refractivity contribution >= 4 is 11.9 Å². The molecule has 0 heterocycles. The van der Waals surface area contributed by atoms with Crippen LogP contribution in [0, 0.1) is 0 Å². The number of carbonyl (C=O) groups is 2. The highest BCUT2D eigenvalue weighted by Gasteiger charge is 2.06. The van der Waals surface area contributed by atoms with E-state index in [0.29, 0.717) is 5.75 Å². The molecule has 1 N–H and O–H groups in total. The van der Waals surface area contributed by atoms with E-state index in [9.17, 15) is 9.59 Å². The summed E-state index contributed by atoms with van der Waals surface area (Å²) in [5.74, 6) is 0.112. The molecular formula is C14H19NO4. The number of ether oxygens (including phenoxy) is 2. The van der Waals surface area contributed by atoms with Crippen LogP contribution in [0.3, 0.4) is 0 Å². The molecule has 19 heavy (non-hydrogen) atoms. The van der Waals surface area contributed by atoms with Gasteiger partial charge in [0.2, 0.25) is 0 Å². The summed E-state index contributed by atoms with van der Waals surface area (Å²) in [6.07, 6.45) is 1.01. The summed E-state index contributed by atoms with van der Waals surface area (Å²) in [5, 5.41) is 2.59. The number of benzene rings is 1. The standard InChI is InChI=1S/C14H19NO4/c1-3-11-6-4-5-7-12(11)19-10-13(16)15-9-8-14(17)18-2/h4-7H,3,8-10H2,1-2H3,(H,15,16). The highest BCUT2D eigenvalue weighted by Crippen LogP contribution is 2.17. The van der Waals surface area contributed by atoms with Gasteiger partial charge in [0.25, 0.3) is 5.91 Å². The first-order valence-corrected chi connectivity index (χ1v) is 6.21. The second kappa shape index (κ2) is 8.13. The van der Waals surface area contributed by atoms with Crippen molar-refractivity contribution in [2.75, 3.05) is 20.3 Å². The molecule has 0 aliphatic rings. The van der Waals surface area contributed by atoms with E-state index < -0.39 is 0 Å². The largest absolute Gasteiger partial charge is 0.483 e. The van der Waals surface area contributed by atoms with Crippen molar-refractivity contribution in [1.29, 1.82) is 0 Å². The molecule has 0 aliphatic carbocycles. The monoisotopic (exact) mass is 265 g/mol. The number of nitrogens with one attached hydrogen (secondary N) is 1. The lowest BCUT2D eigenvalue weighted by atomic mass is 10.1. The second-order valence-corrected chi connectivity index (χ2v) is 3.93. The van der Waals surface area contributed by atoms with Gasteiger partial charge in [0, 0.05) is 6.54 Å². The average Bonchev–Trinajstić information content (AvgIpc) is 2.45. The first-order chi connectivity index (χ1) is 9.17. The summed E-state index contributed by atoms with van der Waals surface area (Å²) in [6, 6.07) is 7.59. The number of aryl methyl sites for hydroxylation is 1. The smallest absolute Gasteiger partial charge is 0.307 e. The van der Waals surface area contributed by atoms with Gasteiger partial charge >= 0.3 is 5.97 Å². The predicted octanol–water partition coefficient (Wildman–Crippen LogP) is 1.31. The molecule has 0 radical (unpaired) electrons. The van der Waals surface area contributed by atoms with Crippen LogP contribution in [0.1, 0.15) is 18.9 Å². The molecule has 0 fully saturated rings. The van der Waals surface area contributed by atoms with Gasteiger partial charge in [0.15, 0.2) is 6.61 Å². The van der Waals surface area contributed by atoms with Crippen LogP contribution in [0.15, 0.2) is 24.3 Å². The molecule has 5 nitrogen and oxygen atoms in total. The fraction of sp³-hybridized carbons (Fsp3) is 0.429. The molecule has 5 heteroatoms. The molecular weight excluding hydrogens is 246 g/mol. The molecule has 104 valence electrons.